The van der Waals surface area contributed by atoms with E-state index < -0.39 is 12.1 Å². The highest BCUT2D eigenvalue weighted by Crippen LogP contribution is 2.26. The van der Waals surface area contributed by atoms with Crippen molar-refractivity contribution < 1.29 is 27.9 Å². The Balaban J connectivity index is 0.000000384. The van der Waals surface area contributed by atoms with Gasteiger partial charge in [0.25, 0.3) is 0 Å². The zero-order valence-electron chi connectivity index (χ0n) is 19.0. The Bertz CT molecular complexity index is 1340. The van der Waals surface area contributed by atoms with Crippen molar-refractivity contribution in [2.75, 3.05) is 13.1 Å². The number of benzene rings is 1. The summed E-state index contributed by atoms with van der Waals surface area (Å²) in [5, 5.41) is 11.8. The van der Waals surface area contributed by atoms with Crippen LogP contribution in [0.2, 0.25) is 0 Å². The molecule has 1 atom stereocenters. The first-order chi connectivity index (χ1) is 17.2. The first kappa shape index (κ1) is 24.8. The molecule has 1 saturated heterocycles. The molecular formula is C25H22F3N5O3. The molecular weight excluding hydrogens is 475 g/mol. The summed E-state index contributed by atoms with van der Waals surface area (Å²) in [7, 11) is 0. The van der Waals surface area contributed by atoms with E-state index in [1.54, 1.807) is 6.20 Å². The van der Waals surface area contributed by atoms with Crippen LogP contribution in [0.3, 0.4) is 0 Å². The van der Waals surface area contributed by atoms with Gasteiger partial charge in [0, 0.05) is 48.7 Å². The molecule has 0 radical (unpaired) electrons. The maximum absolute atomic E-state index is 12.6. The van der Waals surface area contributed by atoms with Gasteiger partial charge in [-0.15, -0.1) is 0 Å². The largest absolute Gasteiger partial charge is 0.490 e. The van der Waals surface area contributed by atoms with Crippen LogP contribution in [0.4, 0.5) is 13.2 Å². The highest BCUT2D eigenvalue weighted by molar-refractivity contribution is 5.79. The number of hydrogen-bond acceptors (Lipinski definition) is 5. The number of rotatable bonds is 4. The summed E-state index contributed by atoms with van der Waals surface area (Å²) in [4.78, 5) is 32.4. The van der Waals surface area contributed by atoms with Gasteiger partial charge in [-0.1, -0.05) is 36.4 Å². The predicted molar refractivity (Wildman–Crippen MR) is 124 cm³/mol. The zero-order valence-corrected chi connectivity index (χ0v) is 19.0. The summed E-state index contributed by atoms with van der Waals surface area (Å²) in [6.07, 6.45) is 1.84. The number of carbonyl (C=O) groups excluding carboxylic acids is 1. The van der Waals surface area contributed by atoms with E-state index in [1.165, 1.54) is 0 Å². The minimum Gasteiger partial charge on any atom is -0.475 e. The van der Waals surface area contributed by atoms with Crippen molar-refractivity contribution in [3.05, 3.63) is 84.6 Å². The molecule has 1 N–H and O–H groups in total. The maximum Gasteiger partial charge on any atom is 0.490 e. The SMILES string of the molecule is O=C(Cc1ccccc1)N1CCC(c2nc3ccc(-c4cccnc4)cn3n2)C1.O=C(O)C(F)(F)F. The molecule has 3 aromatic heterocycles. The molecule has 1 aliphatic heterocycles. The van der Waals surface area contributed by atoms with Gasteiger partial charge in [-0.3, -0.25) is 9.78 Å². The lowest BCUT2D eigenvalue weighted by molar-refractivity contribution is -0.192. The number of carboxylic acid groups (broad SMARTS) is 1. The quantitative estimate of drug-likeness (QED) is 0.458. The van der Waals surface area contributed by atoms with Crippen molar-refractivity contribution in [1.82, 2.24) is 24.5 Å². The van der Waals surface area contributed by atoms with Crippen LogP contribution in [0.15, 0.2) is 73.2 Å². The minimum absolute atomic E-state index is 0.168. The number of carboxylic acids is 1. The van der Waals surface area contributed by atoms with Gasteiger partial charge in [-0.25, -0.2) is 14.3 Å². The number of nitrogens with zero attached hydrogens (tertiary/aromatic N) is 5. The van der Waals surface area contributed by atoms with Gasteiger partial charge in [-0.05, 0) is 30.2 Å². The fourth-order valence-corrected chi connectivity index (χ4v) is 3.86. The molecule has 5 rings (SSSR count). The number of aromatic nitrogens is 4. The number of fused-ring (bicyclic) bond motifs is 1. The van der Waals surface area contributed by atoms with Crippen molar-refractivity contribution in [3.63, 3.8) is 0 Å². The summed E-state index contributed by atoms with van der Waals surface area (Å²) in [5.74, 6) is -1.60. The molecule has 1 aromatic carbocycles. The van der Waals surface area contributed by atoms with Crippen molar-refractivity contribution in [2.24, 2.45) is 0 Å². The van der Waals surface area contributed by atoms with Crippen LogP contribution in [0.25, 0.3) is 16.8 Å². The molecule has 4 aromatic rings. The highest BCUT2D eigenvalue weighted by Gasteiger charge is 2.38. The number of pyridine rings is 2. The van der Waals surface area contributed by atoms with E-state index in [9.17, 15) is 18.0 Å². The second-order valence-electron chi connectivity index (χ2n) is 8.22. The third kappa shape index (κ3) is 6.04. The monoisotopic (exact) mass is 497 g/mol. The molecule has 36 heavy (non-hydrogen) atoms. The van der Waals surface area contributed by atoms with Gasteiger partial charge in [0.2, 0.25) is 5.91 Å². The Kier molecular flexibility index (Phi) is 7.28. The van der Waals surface area contributed by atoms with E-state index in [1.807, 2.05) is 76.4 Å². The fraction of sp³-hybridized carbons (Fsp3) is 0.240. The van der Waals surface area contributed by atoms with Crippen LogP contribution in [-0.4, -0.2) is 60.7 Å². The first-order valence-electron chi connectivity index (χ1n) is 11.1. The molecule has 4 heterocycles. The van der Waals surface area contributed by atoms with Gasteiger partial charge in [0.1, 0.15) is 0 Å². The Hall–Kier alpha value is -4.28. The van der Waals surface area contributed by atoms with Gasteiger partial charge in [0.05, 0.1) is 6.42 Å². The summed E-state index contributed by atoms with van der Waals surface area (Å²) in [6, 6.07) is 17.9. The van der Waals surface area contributed by atoms with Crippen LogP contribution < -0.4 is 0 Å². The van der Waals surface area contributed by atoms with Crippen LogP contribution >= 0.6 is 0 Å². The van der Waals surface area contributed by atoms with E-state index in [2.05, 4.69) is 4.98 Å². The summed E-state index contributed by atoms with van der Waals surface area (Å²) in [6.45, 7) is 1.44. The lowest BCUT2D eigenvalue weighted by Gasteiger charge is -2.15. The van der Waals surface area contributed by atoms with Crippen LogP contribution in [0.1, 0.15) is 23.7 Å². The average molecular weight is 497 g/mol. The van der Waals surface area contributed by atoms with Crippen molar-refractivity contribution in [2.45, 2.75) is 24.9 Å². The van der Waals surface area contributed by atoms with E-state index >= 15 is 0 Å². The molecule has 1 unspecified atom stereocenters. The smallest absolute Gasteiger partial charge is 0.475 e. The van der Waals surface area contributed by atoms with E-state index in [0.29, 0.717) is 13.0 Å². The van der Waals surface area contributed by atoms with Crippen molar-refractivity contribution in [1.29, 1.82) is 0 Å². The third-order valence-corrected chi connectivity index (χ3v) is 5.69. The fourth-order valence-electron chi connectivity index (χ4n) is 3.86. The number of hydrogen-bond donors (Lipinski definition) is 1. The predicted octanol–water partition coefficient (Wildman–Crippen LogP) is 3.98. The molecule has 1 aliphatic rings. The van der Waals surface area contributed by atoms with Gasteiger partial charge >= 0.3 is 12.1 Å². The molecule has 0 bridgehead atoms. The summed E-state index contributed by atoms with van der Waals surface area (Å²) >= 11 is 0. The van der Waals surface area contributed by atoms with E-state index in [4.69, 9.17) is 20.0 Å². The normalized spacial score (nSPS) is 15.4. The van der Waals surface area contributed by atoms with Crippen LogP contribution in [-0.2, 0) is 16.0 Å². The second-order valence-corrected chi connectivity index (χ2v) is 8.22. The number of likely N-dealkylation sites (tertiary alicyclic amines) is 1. The van der Waals surface area contributed by atoms with E-state index in [0.717, 1.165) is 41.1 Å². The topological polar surface area (TPSA) is 101 Å². The summed E-state index contributed by atoms with van der Waals surface area (Å²) < 4.78 is 33.6. The van der Waals surface area contributed by atoms with E-state index in [-0.39, 0.29) is 11.8 Å². The van der Waals surface area contributed by atoms with Gasteiger partial charge in [-0.2, -0.15) is 18.3 Å². The highest BCUT2D eigenvalue weighted by atomic mass is 19.4. The molecule has 1 fully saturated rings. The second kappa shape index (κ2) is 10.5. The first-order valence-corrected chi connectivity index (χ1v) is 11.1. The summed E-state index contributed by atoms with van der Waals surface area (Å²) in [5.41, 5.74) is 3.97. The Labute approximate surface area is 204 Å². The Morgan fingerprint density at radius 3 is 2.44 bits per heavy atom. The van der Waals surface area contributed by atoms with Gasteiger partial charge < -0.3 is 10.0 Å². The van der Waals surface area contributed by atoms with Crippen LogP contribution in [0.5, 0.6) is 0 Å². The van der Waals surface area contributed by atoms with Crippen molar-refractivity contribution >= 4 is 17.5 Å². The van der Waals surface area contributed by atoms with Crippen molar-refractivity contribution in [3.8, 4) is 11.1 Å². The Morgan fingerprint density at radius 2 is 1.78 bits per heavy atom. The number of carbonyl (C=O) groups is 2. The molecule has 8 nitrogen and oxygen atoms in total. The number of halogens is 3. The molecule has 186 valence electrons. The minimum atomic E-state index is -5.08. The molecule has 11 heteroatoms. The third-order valence-electron chi connectivity index (χ3n) is 5.69. The van der Waals surface area contributed by atoms with Gasteiger partial charge in [0.15, 0.2) is 11.5 Å². The molecule has 1 amide bonds. The Morgan fingerprint density at radius 1 is 1.03 bits per heavy atom. The number of alkyl halides is 3. The maximum atomic E-state index is 12.6. The molecule has 0 saturated carbocycles. The number of aliphatic carboxylic acids is 1. The zero-order chi connectivity index (χ0) is 25.7. The standard InChI is InChI=1S/C23H21N5O.C2HF3O2/c29-22(13-17-5-2-1-3-6-17)27-12-10-20(15-27)23-25-21-9-8-19(16-28(21)26-23)18-7-4-11-24-14-18;3-2(4,5)1(6)7/h1-9,11,14,16,20H,10,12-13,15H2;(H,6,7). The number of amides is 1. The lowest BCUT2D eigenvalue weighted by Crippen LogP contribution is -2.29. The molecule has 0 aliphatic carbocycles. The lowest BCUT2D eigenvalue weighted by atomic mass is 10.1. The molecule has 0 spiro atoms. The van der Waals surface area contributed by atoms with Crippen LogP contribution in [0, 0.1) is 0 Å². The average Bonchev–Trinajstić information content (AvgIpc) is 3.52.